The Morgan fingerprint density at radius 3 is 2.38 bits per heavy atom. The van der Waals surface area contributed by atoms with Gasteiger partial charge >= 0.3 is 0 Å². The van der Waals surface area contributed by atoms with E-state index in [-0.39, 0.29) is 5.54 Å². The van der Waals surface area contributed by atoms with Crippen molar-refractivity contribution >= 4 is 0 Å². The second-order valence-electron chi connectivity index (χ2n) is 5.56. The molecule has 0 aromatic carbocycles. The first kappa shape index (κ1) is 15.7. The highest BCUT2D eigenvalue weighted by Gasteiger charge is 2.06. The second kappa shape index (κ2) is 8.77. The molecular weight excluding hydrogens is 198 g/mol. The van der Waals surface area contributed by atoms with Crippen LogP contribution in [0, 0.1) is 0 Å². The van der Waals surface area contributed by atoms with Crippen molar-refractivity contribution in [1.82, 2.24) is 5.32 Å². The Morgan fingerprint density at radius 1 is 1.12 bits per heavy atom. The molecule has 1 N–H and O–H groups in total. The molecule has 0 saturated carbocycles. The van der Waals surface area contributed by atoms with Crippen LogP contribution in [0.4, 0.5) is 0 Å². The summed E-state index contributed by atoms with van der Waals surface area (Å²) in [6.07, 6.45) is 4.64. The van der Waals surface area contributed by atoms with Gasteiger partial charge in [-0.25, -0.2) is 0 Å². The first-order chi connectivity index (χ1) is 7.42. The fourth-order valence-electron chi connectivity index (χ4n) is 1.32. The number of ether oxygens (including phenoxy) is 1. The Bertz CT molecular complexity index is 182. The van der Waals surface area contributed by atoms with Gasteiger partial charge in [0.1, 0.15) is 0 Å². The lowest BCUT2D eigenvalue weighted by Crippen LogP contribution is -2.36. The predicted molar refractivity (Wildman–Crippen MR) is 71.9 cm³/mol. The number of nitrogens with one attached hydrogen (secondary N) is 1. The molecule has 0 heterocycles. The van der Waals surface area contributed by atoms with E-state index in [0.29, 0.717) is 0 Å². The maximum atomic E-state index is 5.51. The molecule has 0 unspecified atom stereocenters. The third-order valence-corrected chi connectivity index (χ3v) is 2.29. The molecule has 96 valence electrons. The van der Waals surface area contributed by atoms with Gasteiger partial charge in [-0.3, -0.25) is 0 Å². The minimum Gasteiger partial charge on any atom is -0.381 e. The van der Waals surface area contributed by atoms with Gasteiger partial charge in [0.25, 0.3) is 0 Å². The summed E-state index contributed by atoms with van der Waals surface area (Å²) in [6, 6.07) is 0. The predicted octanol–water partition coefficient (Wildman–Crippen LogP) is 3.53. The molecule has 16 heavy (non-hydrogen) atoms. The molecule has 2 heteroatoms. The van der Waals surface area contributed by atoms with Crippen LogP contribution in [0.5, 0.6) is 0 Å². The molecular formula is C14H29NO. The highest BCUT2D eigenvalue weighted by molar-refractivity contribution is 4.86. The van der Waals surface area contributed by atoms with Crippen molar-refractivity contribution in [2.75, 3.05) is 19.8 Å². The number of rotatable bonds is 9. The van der Waals surface area contributed by atoms with E-state index >= 15 is 0 Å². The number of hydrogen-bond acceptors (Lipinski definition) is 2. The van der Waals surface area contributed by atoms with Gasteiger partial charge in [0.2, 0.25) is 0 Å². The molecule has 0 aliphatic rings. The van der Waals surface area contributed by atoms with E-state index < -0.39 is 0 Å². The molecule has 0 aromatic heterocycles. The highest BCUT2D eigenvalue weighted by atomic mass is 16.5. The van der Waals surface area contributed by atoms with Gasteiger partial charge in [-0.2, -0.15) is 0 Å². The van der Waals surface area contributed by atoms with Gasteiger partial charge in [0.05, 0.1) is 6.61 Å². The average molecular weight is 227 g/mol. The average Bonchev–Trinajstić information content (AvgIpc) is 2.13. The van der Waals surface area contributed by atoms with Crippen molar-refractivity contribution < 1.29 is 4.74 Å². The van der Waals surface area contributed by atoms with E-state index in [1.54, 1.807) is 0 Å². The summed E-state index contributed by atoms with van der Waals surface area (Å²) in [4.78, 5) is 0. The van der Waals surface area contributed by atoms with E-state index in [0.717, 1.165) is 26.2 Å². The zero-order valence-electron chi connectivity index (χ0n) is 11.6. The fourth-order valence-corrected chi connectivity index (χ4v) is 1.32. The van der Waals surface area contributed by atoms with Crippen LogP contribution < -0.4 is 5.32 Å². The van der Waals surface area contributed by atoms with Crippen LogP contribution in [0.2, 0.25) is 0 Å². The Morgan fingerprint density at radius 2 is 1.81 bits per heavy atom. The van der Waals surface area contributed by atoms with Gasteiger partial charge < -0.3 is 10.1 Å². The molecule has 0 bridgehead atoms. The molecule has 0 saturated heterocycles. The summed E-state index contributed by atoms with van der Waals surface area (Å²) >= 11 is 0. The summed E-state index contributed by atoms with van der Waals surface area (Å²) < 4.78 is 5.51. The topological polar surface area (TPSA) is 21.3 Å². The van der Waals surface area contributed by atoms with Gasteiger partial charge in [0, 0.05) is 12.1 Å². The number of unbranched alkanes of at least 4 members (excludes halogenated alkanes) is 2. The second-order valence-corrected chi connectivity index (χ2v) is 5.56. The van der Waals surface area contributed by atoms with E-state index in [2.05, 4.69) is 32.7 Å². The van der Waals surface area contributed by atoms with Crippen molar-refractivity contribution in [1.29, 1.82) is 0 Å². The minimum atomic E-state index is 0.248. The third-order valence-electron chi connectivity index (χ3n) is 2.29. The molecule has 0 amide bonds. The molecule has 0 fully saturated rings. The van der Waals surface area contributed by atoms with Crippen molar-refractivity contribution in [3.8, 4) is 0 Å². The maximum absolute atomic E-state index is 5.51. The molecule has 0 aliphatic heterocycles. The Balaban J connectivity index is 3.07. The van der Waals surface area contributed by atoms with Crippen LogP contribution in [0.25, 0.3) is 0 Å². The van der Waals surface area contributed by atoms with Crippen molar-refractivity contribution in [2.45, 2.75) is 58.9 Å². The normalized spacial score (nSPS) is 11.8. The molecule has 0 spiro atoms. The summed E-state index contributed by atoms with van der Waals surface area (Å²) in [5, 5.41) is 3.49. The quantitative estimate of drug-likeness (QED) is 0.480. The van der Waals surface area contributed by atoms with E-state index in [9.17, 15) is 0 Å². The summed E-state index contributed by atoms with van der Waals surface area (Å²) in [5.74, 6) is 0. The minimum absolute atomic E-state index is 0.248. The summed E-state index contributed by atoms with van der Waals surface area (Å²) in [7, 11) is 0. The van der Waals surface area contributed by atoms with Crippen LogP contribution in [-0.4, -0.2) is 25.3 Å². The third kappa shape index (κ3) is 13.7. The maximum Gasteiger partial charge on any atom is 0.0502 e. The molecule has 0 radical (unpaired) electrons. The fraction of sp³-hybridized carbons (Fsp3) is 0.857. The smallest absolute Gasteiger partial charge is 0.0502 e. The Hall–Kier alpha value is -0.340. The van der Waals surface area contributed by atoms with E-state index in [4.69, 9.17) is 4.74 Å². The lowest BCUT2D eigenvalue weighted by atomic mass is 10.1. The van der Waals surface area contributed by atoms with Crippen LogP contribution in [0.15, 0.2) is 12.2 Å². The van der Waals surface area contributed by atoms with E-state index in [1.807, 2.05) is 6.92 Å². The van der Waals surface area contributed by atoms with Crippen LogP contribution in [0.3, 0.4) is 0 Å². The lowest BCUT2D eigenvalue weighted by Gasteiger charge is -2.20. The van der Waals surface area contributed by atoms with Gasteiger partial charge in [-0.15, -0.1) is 6.58 Å². The zero-order valence-corrected chi connectivity index (χ0v) is 11.6. The largest absolute Gasteiger partial charge is 0.381 e. The summed E-state index contributed by atoms with van der Waals surface area (Å²) in [5.41, 5.74) is 1.45. The Labute approximate surface area is 101 Å². The van der Waals surface area contributed by atoms with Crippen LogP contribution in [0.1, 0.15) is 53.4 Å². The van der Waals surface area contributed by atoms with Crippen molar-refractivity contribution in [3.05, 3.63) is 12.2 Å². The molecule has 0 rings (SSSR count). The monoisotopic (exact) mass is 227 g/mol. The first-order valence-electron chi connectivity index (χ1n) is 6.39. The molecule has 0 atom stereocenters. The highest BCUT2D eigenvalue weighted by Crippen LogP contribution is 2.01. The molecule has 0 aromatic rings. The molecule has 0 aliphatic carbocycles. The van der Waals surface area contributed by atoms with Gasteiger partial charge in [-0.05, 0) is 59.9 Å². The van der Waals surface area contributed by atoms with E-state index in [1.165, 1.54) is 24.8 Å². The molecule has 2 nitrogen and oxygen atoms in total. The van der Waals surface area contributed by atoms with Crippen molar-refractivity contribution in [3.63, 3.8) is 0 Å². The lowest BCUT2D eigenvalue weighted by molar-refractivity contribution is 0.133. The Kier molecular flexibility index (Phi) is 8.58. The van der Waals surface area contributed by atoms with Crippen molar-refractivity contribution in [2.24, 2.45) is 0 Å². The van der Waals surface area contributed by atoms with Crippen LogP contribution in [-0.2, 0) is 4.74 Å². The summed E-state index contributed by atoms with van der Waals surface area (Å²) in [6.45, 7) is 15.3. The SMILES string of the molecule is C=C(C)CCOCCCCCNC(C)(C)C. The van der Waals surface area contributed by atoms with Gasteiger partial charge in [-0.1, -0.05) is 5.57 Å². The first-order valence-corrected chi connectivity index (χ1v) is 6.39. The van der Waals surface area contributed by atoms with Gasteiger partial charge in [0.15, 0.2) is 0 Å². The van der Waals surface area contributed by atoms with Crippen LogP contribution >= 0.6 is 0 Å². The number of hydrogen-bond donors (Lipinski definition) is 1. The standard InChI is InChI=1S/C14H29NO/c1-13(2)9-12-16-11-8-6-7-10-15-14(3,4)5/h15H,1,6-12H2,2-5H3. The zero-order chi connectivity index (χ0) is 12.4.